The summed E-state index contributed by atoms with van der Waals surface area (Å²) in [6, 6.07) is 10.4. The van der Waals surface area contributed by atoms with Crippen LogP contribution >= 0.6 is 0 Å². The lowest BCUT2D eigenvalue weighted by atomic mass is 10.2. The van der Waals surface area contributed by atoms with Crippen molar-refractivity contribution in [3.63, 3.8) is 0 Å². The van der Waals surface area contributed by atoms with Crippen molar-refractivity contribution in [3.05, 3.63) is 75.6 Å². The Balaban J connectivity index is 1.81. The molecular weight excluding hydrogens is 327 g/mol. The van der Waals surface area contributed by atoms with Crippen LogP contribution in [0, 0.1) is 12.7 Å². The maximum Gasteiger partial charge on any atom is 0.341 e. The highest BCUT2D eigenvalue weighted by atomic mass is 19.1. The Morgan fingerprint density at radius 3 is 2.76 bits per heavy atom. The average Bonchev–Trinajstić information content (AvgIpc) is 2.59. The van der Waals surface area contributed by atoms with Crippen molar-refractivity contribution < 1.29 is 18.7 Å². The third-order valence-corrected chi connectivity index (χ3v) is 3.68. The van der Waals surface area contributed by atoms with E-state index >= 15 is 0 Å². The zero-order chi connectivity index (χ0) is 18.0. The summed E-state index contributed by atoms with van der Waals surface area (Å²) in [4.78, 5) is 28.5. The molecule has 0 saturated carbocycles. The molecule has 0 unspecified atom stereocenters. The van der Waals surface area contributed by atoms with Crippen molar-refractivity contribution in [1.29, 1.82) is 0 Å². The summed E-state index contributed by atoms with van der Waals surface area (Å²) in [6.07, 6.45) is 0. The van der Waals surface area contributed by atoms with Crippen LogP contribution in [-0.4, -0.2) is 22.5 Å². The Morgan fingerprint density at radius 2 is 2.04 bits per heavy atom. The second kappa shape index (κ2) is 6.72. The van der Waals surface area contributed by atoms with E-state index in [1.54, 1.807) is 25.1 Å². The fraction of sp³-hybridized carbons (Fsp3) is 0.167. The normalized spacial score (nSPS) is 10.7. The number of carbonyl (C=O) groups is 1. The number of aromatic nitrogens is 2. The van der Waals surface area contributed by atoms with Gasteiger partial charge in [-0.2, -0.15) is 0 Å². The van der Waals surface area contributed by atoms with Crippen molar-refractivity contribution in [1.82, 2.24) is 9.38 Å². The van der Waals surface area contributed by atoms with Gasteiger partial charge in [0.15, 0.2) is 0 Å². The molecule has 1 aromatic carbocycles. The summed E-state index contributed by atoms with van der Waals surface area (Å²) >= 11 is 0. The lowest BCUT2D eigenvalue weighted by molar-refractivity contribution is 0.0462. The van der Waals surface area contributed by atoms with Gasteiger partial charge in [-0.3, -0.25) is 9.20 Å². The number of carbonyl (C=O) groups excluding carboxylic acids is 1. The van der Waals surface area contributed by atoms with E-state index in [0.29, 0.717) is 11.4 Å². The first-order valence-electron chi connectivity index (χ1n) is 7.48. The molecule has 2 heterocycles. The Kier molecular flexibility index (Phi) is 4.47. The van der Waals surface area contributed by atoms with Gasteiger partial charge in [-0.1, -0.05) is 6.07 Å². The molecule has 0 amide bonds. The lowest BCUT2D eigenvalue weighted by Crippen LogP contribution is -2.18. The van der Waals surface area contributed by atoms with Gasteiger partial charge in [-0.05, 0) is 31.2 Å². The van der Waals surface area contributed by atoms with Gasteiger partial charge >= 0.3 is 5.97 Å². The van der Waals surface area contributed by atoms with Crippen molar-refractivity contribution in [2.45, 2.75) is 13.5 Å². The summed E-state index contributed by atoms with van der Waals surface area (Å²) in [5, 5.41) is 0. The molecule has 3 aromatic rings. The quantitative estimate of drug-likeness (QED) is 0.682. The van der Waals surface area contributed by atoms with E-state index in [0.717, 1.165) is 11.8 Å². The van der Waals surface area contributed by atoms with Crippen LogP contribution in [-0.2, 0) is 11.3 Å². The first kappa shape index (κ1) is 16.6. The van der Waals surface area contributed by atoms with E-state index in [-0.39, 0.29) is 23.4 Å². The lowest BCUT2D eigenvalue weighted by Gasteiger charge is -2.08. The molecule has 7 heteroatoms. The molecular formula is C18H15FN2O4. The maximum absolute atomic E-state index is 13.9. The zero-order valence-electron chi connectivity index (χ0n) is 13.7. The molecule has 0 saturated heterocycles. The Hall–Kier alpha value is -3.22. The van der Waals surface area contributed by atoms with E-state index in [1.807, 2.05) is 0 Å². The number of benzene rings is 1. The predicted octanol–water partition coefficient (Wildman–Crippen LogP) is 2.51. The van der Waals surface area contributed by atoms with Crippen molar-refractivity contribution in [2.24, 2.45) is 0 Å². The van der Waals surface area contributed by atoms with Crippen LogP contribution in [0.3, 0.4) is 0 Å². The van der Waals surface area contributed by atoms with Crippen LogP contribution < -0.4 is 10.3 Å². The smallest absolute Gasteiger partial charge is 0.341 e. The van der Waals surface area contributed by atoms with Crippen LogP contribution in [0.2, 0.25) is 0 Å². The molecule has 3 rings (SSSR count). The fourth-order valence-electron chi connectivity index (χ4n) is 2.44. The number of hydrogen-bond acceptors (Lipinski definition) is 5. The van der Waals surface area contributed by atoms with E-state index in [2.05, 4.69) is 4.98 Å². The van der Waals surface area contributed by atoms with E-state index < -0.39 is 11.8 Å². The number of methoxy groups -OCH3 is 1. The summed E-state index contributed by atoms with van der Waals surface area (Å²) in [6.45, 7) is 1.56. The summed E-state index contributed by atoms with van der Waals surface area (Å²) in [7, 11) is 1.40. The number of hydrogen-bond donors (Lipinski definition) is 0. The SMILES string of the molecule is COc1ccc(C(=O)OCc2cc(=O)n3c(C)cccc3n2)c(F)c1. The van der Waals surface area contributed by atoms with Gasteiger partial charge in [0.2, 0.25) is 0 Å². The van der Waals surface area contributed by atoms with E-state index in [9.17, 15) is 14.0 Å². The molecule has 0 aliphatic carbocycles. The maximum atomic E-state index is 13.9. The molecule has 0 aliphatic rings. The van der Waals surface area contributed by atoms with E-state index in [1.165, 1.54) is 29.7 Å². The third kappa shape index (κ3) is 3.35. The molecule has 0 N–H and O–H groups in total. The van der Waals surface area contributed by atoms with Crippen molar-refractivity contribution in [2.75, 3.05) is 7.11 Å². The molecule has 2 aromatic heterocycles. The molecule has 0 radical (unpaired) electrons. The molecule has 0 atom stereocenters. The molecule has 0 spiro atoms. The standard InChI is InChI=1S/C18H15FN2O4/c1-11-4-3-5-16-20-12(8-17(22)21(11)16)10-25-18(23)14-7-6-13(24-2)9-15(14)19/h3-9H,10H2,1-2H3. The minimum absolute atomic E-state index is 0.214. The van der Waals surface area contributed by atoms with Gasteiger partial charge in [0.1, 0.15) is 23.8 Å². The van der Waals surface area contributed by atoms with Crippen LogP contribution in [0.15, 0.2) is 47.3 Å². The number of fused-ring (bicyclic) bond motifs is 1. The van der Waals surface area contributed by atoms with Gasteiger partial charge in [0.25, 0.3) is 5.56 Å². The van der Waals surface area contributed by atoms with E-state index in [4.69, 9.17) is 9.47 Å². The van der Waals surface area contributed by atoms with Crippen LogP contribution in [0.4, 0.5) is 4.39 Å². The Bertz CT molecular complexity index is 1010. The minimum atomic E-state index is -0.841. The van der Waals surface area contributed by atoms with Crippen LogP contribution in [0.1, 0.15) is 21.7 Å². The Morgan fingerprint density at radius 1 is 1.24 bits per heavy atom. The number of esters is 1. The predicted molar refractivity (Wildman–Crippen MR) is 88.3 cm³/mol. The highest BCUT2D eigenvalue weighted by molar-refractivity contribution is 5.89. The zero-order valence-corrected chi connectivity index (χ0v) is 13.7. The number of nitrogens with zero attached hydrogens (tertiary/aromatic N) is 2. The van der Waals surface area contributed by atoms with Gasteiger partial charge in [0.05, 0.1) is 18.4 Å². The number of pyridine rings is 1. The van der Waals surface area contributed by atoms with Crippen molar-refractivity contribution in [3.8, 4) is 5.75 Å². The van der Waals surface area contributed by atoms with Crippen LogP contribution in [0.25, 0.3) is 5.65 Å². The summed E-state index contributed by atoms with van der Waals surface area (Å²) < 4.78 is 25.3. The molecule has 0 fully saturated rings. The summed E-state index contributed by atoms with van der Waals surface area (Å²) in [5.41, 5.74) is 1.00. The molecule has 25 heavy (non-hydrogen) atoms. The van der Waals surface area contributed by atoms with Gasteiger partial charge in [-0.25, -0.2) is 14.2 Å². The highest BCUT2D eigenvalue weighted by Gasteiger charge is 2.15. The number of halogens is 1. The highest BCUT2D eigenvalue weighted by Crippen LogP contribution is 2.17. The minimum Gasteiger partial charge on any atom is -0.497 e. The topological polar surface area (TPSA) is 69.9 Å². The fourth-order valence-corrected chi connectivity index (χ4v) is 2.44. The first-order chi connectivity index (χ1) is 12.0. The van der Waals surface area contributed by atoms with Crippen molar-refractivity contribution >= 4 is 11.6 Å². The molecule has 6 nitrogen and oxygen atoms in total. The number of rotatable bonds is 4. The number of aryl methyl sites for hydroxylation is 1. The molecule has 0 aliphatic heterocycles. The van der Waals surface area contributed by atoms with Gasteiger partial charge < -0.3 is 9.47 Å². The van der Waals surface area contributed by atoms with Crippen LogP contribution in [0.5, 0.6) is 5.75 Å². The Labute approximate surface area is 142 Å². The number of ether oxygens (including phenoxy) is 2. The van der Waals surface area contributed by atoms with Gasteiger partial charge in [0, 0.05) is 17.8 Å². The first-order valence-corrected chi connectivity index (χ1v) is 7.48. The second-order valence-corrected chi connectivity index (χ2v) is 5.37. The molecule has 128 valence electrons. The summed E-state index contributed by atoms with van der Waals surface area (Å²) in [5.74, 6) is -1.29. The second-order valence-electron chi connectivity index (χ2n) is 5.37. The monoisotopic (exact) mass is 342 g/mol. The third-order valence-electron chi connectivity index (χ3n) is 3.68. The van der Waals surface area contributed by atoms with Gasteiger partial charge in [-0.15, -0.1) is 0 Å². The largest absolute Gasteiger partial charge is 0.497 e. The average molecular weight is 342 g/mol. The molecule has 0 bridgehead atoms.